The maximum Gasteiger partial charge on any atom is 0.215 e. The van der Waals surface area contributed by atoms with Gasteiger partial charge in [-0.05, 0) is 25.8 Å². The summed E-state index contributed by atoms with van der Waals surface area (Å²) in [6.07, 6.45) is -0.239. The molecule has 2 rings (SSSR count). The Bertz CT molecular complexity index is 429. The first-order valence-corrected chi connectivity index (χ1v) is 6.18. The second-order valence-corrected chi connectivity index (χ2v) is 5.35. The van der Waals surface area contributed by atoms with E-state index in [2.05, 4.69) is 4.99 Å². The van der Waals surface area contributed by atoms with Gasteiger partial charge in [-0.25, -0.2) is 4.99 Å². The summed E-state index contributed by atoms with van der Waals surface area (Å²) in [5, 5.41) is 10.1. The lowest BCUT2D eigenvalue weighted by atomic mass is 10.0. The molecule has 18 heavy (non-hydrogen) atoms. The molecule has 0 aromatic heterocycles. The average molecular weight is 248 g/mol. The number of hydrogen-bond donors (Lipinski definition) is 2. The van der Waals surface area contributed by atoms with Crippen LogP contribution in [0.25, 0.3) is 0 Å². The number of aliphatic hydroxyl groups excluding tert-OH is 1. The van der Waals surface area contributed by atoms with Gasteiger partial charge in [0.05, 0.1) is 5.54 Å². The predicted octanol–water partition coefficient (Wildman–Crippen LogP) is 1.12. The fraction of sp³-hybridized carbons (Fsp3) is 0.500. The summed E-state index contributed by atoms with van der Waals surface area (Å²) < 4.78 is 5.41. The van der Waals surface area contributed by atoms with Gasteiger partial charge >= 0.3 is 0 Å². The van der Waals surface area contributed by atoms with Crippen LogP contribution in [0.5, 0.6) is 0 Å². The van der Waals surface area contributed by atoms with Crippen LogP contribution in [0.2, 0.25) is 0 Å². The topological polar surface area (TPSA) is 67.8 Å². The molecule has 0 amide bonds. The van der Waals surface area contributed by atoms with Crippen LogP contribution in [-0.4, -0.2) is 35.3 Å². The van der Waals surface area contributed by atoms with Gasteiger partial charge in [0.1, 0.15) is 12.7 Å². The number of ether oxygens (including phenoxy) is 1. The lowest BCUT2D eigenvalue weighted by molar-refractivity contribution is 0.168. The SMILES string of the molecule is CC1(C)COC(C(O)[C@@H](N)Cc2ccccc2)=N1. The van der Waals surface area contributed by atoms with Crippen molar-refractivity contribution in [3.05, 3.63) is 35.9 Å². The first-order chi connectivity index (χ1) is 8.48. The highest BCUT2D eigenvalue weighted by Gasteiger charge is 2.32. The molecule has 1 unspecified atom stereocenters. The zero-order valence-corrected chi connectivity index (χ0v) is 10.8. The van der Waals surface area contributed by atoms with Gasteiger partial charge in [0, 0.05) is 6.04 Å². The van der Waals surface area contributed by atoms with E-state index in [1.54, 1.807) is 0 Å². The van der Waals surface area contributed by atoms with Crippen molar-refractivity contribution in [3.63, 3.8) is 0 Å². The molecule has 4 heteroatoms. The number of benzene rings is 1. The molecule has 98 valence electrons. The largest absolute Gasteiger partial charge is 0.477 e. The summed E-state index contributed by atoms with van der Waals surface area (Å²) in [6, 6.07) is 9.46. The van der Waals surface area contributed by atoms with Gasteiger partial charge in [-0.2, -0.15) is 0 Å². The molecule has 1 aromatic rings. The Morgan fingerprint density at radius 2 is 2.06 bits per heavy atom. The minimum atomic E-state index is -0.841. The Morgan fingerprint density at radius 1 is 1.39 bits per heavy atom. The van der Waals surface area contributed by atoms with Crippen molar-refractivity contribution >= 4 is 5.90 Å². The van der Waals surface area contributed by atoms with Crippen LogP contribution in [-0.2, 0) is 11.2 Å². The van der Waals surface area contributed by atoms with Gasteiger partial charge in [-0.1, -0.05) is 30.3 Å². The summed E-state index contributed by atoms with van der Waals surface area (Å²) in [4.78, 5) is 4.35. The van der Waals surface area contributed by atoms with E-state index >= 15 is 0 Å². The normalized spacial score (nSPS) is 21.0. The third-order valence-electron chi connectivity index (χ3n) is 2.96. The number of nitrogens with zero attached hydrogens (tertiary/aromatic N) is 1. The molecule has 1 aliphatic heterocycles. The predicted molar refractivity (Wildman–Crippen MR) is 71.6 cm³/mol. The highest BCUT2D eigenvalue weighted by atomic mass is 16.5. The van der Waals surface area contributed by atoms with Crippen LogP contribution >= 0.6 is 0 Å². The molecular formula is C14H20N2O2. The van der Waals surface area contributed by atoms with Gasteiger partial charge in [0.15, 0.2) is 0 Å². The zero-order chi connectivity index (χ0) is 13.2. The maximum atomic E-state index is 10.1. The van der Waals surface area contributed by atoms with Crippen molar-refractivity contribution < 1.29 is 9.84 Å². The minimum Gasteiger partial charge on any atom is -0.477 e. The molecule has 1 aromatic carbocycles. The summed E-state index contributed by atoms with van der Waals surface area (Å²) in [6.45, 7) is 4.43. The summed E-state index contributed by atoms with van der Waals surface area (Å²) in [5.41, 5.74) is 6.84. The molecule has 2 atom stereocenters. The molecule has 0 saturated carbocycles. The zero-order valence-electron chi connectivity index (χ0n) is 10.8. The van der Waals surface area contributed by atoms with Crippen molar-refractivity contribution in [2.45, 2.75) is 38.0 Å². The van der Waals surface area contributed by atoms with Gasteiger partial charge in [-0.15, -0.1) is 0 Å². The van der Waals surface area contributed by atoms with Crippen LogP contribution in [0, 0.1) is 0 Å². The highest BCUT2D eigenvalue weighted by Crippen LogP contribution is 2.19. The van der Waals surface area contributed by atoms with Crippen LogP contribution in [0.1, 0.15) is 19.4 Å². The Kier molecular flexibility index (Phi) is 3.68. The number of rotatable bonds is 4. The summed E-state index contributed by atoms with van der Waals surface area (Å²) in [5.74, 6) is 0.364. The molecule has 1 aliphatic rings. The van der Waals surface area contributed by atoms with Crippen LogP contribution < -0.4 is 5.73 Å². The van der Waals surface area contributed by atoms with Gasteiger partial charge in [-0.3, -0.25) is 0 Å². The van der Waals surface area contributed by atoms with Crippen molar-refractivity contribution in [2.24, 2.45) is 10.7 Å². The van der Waals surface area contributed by atoms with E-state index in [0.717, 1.165) is 5.56 Å². The summed E-state index contributed by atoms with van der Waals surface area (Å²) >= 11 is 0. The van der Waals surface area contributed by atoms with E-state index in [9.17, 15) is 5.11 Å². The molecule has 3 N–H and O–H groups in total. The molecule has 0 bridgehead atoms. The Morgan fingerprint density at radius 3 is 2.61 bits per heavy atom. The molecule has 1 heterocycles. The van der Waals surface area contributed by atoms with Crippen molar-refractivity contribution in [1.82, 2.24) is 0 Å². The van der Waals surface area contributed by atoms with E-state index in [-0.39, 0.29) is 5.54 Å². The highest BCUT2D eigenvalue weighted by molar-refractivity contribution is 5.83. The Hall–Kier alpha value is -1.39. The molecule has 0 fully saturated rings. The molecule has 4 nitrogen and oxygen atoms in total. The fourth-order valence-corrected chi connectivity index (χ4v) is 1.95. The van der Waals surface area contributed by atoms with Crippen LogP contribution in [0.15, 0.2) is 35.3 Å². The Balaban J connectivity index is 2.00. The fourth-order valence-electron chi connectivity index (χ4n) is 1.95. The monoisotopic (exact) mass is 248 g/mol. The smallest absolute Gasteiger partial charge is 0.215 e. The molecule has 0 aliphatic carbocycles. The second-order valence-electron chi connectivity index (χ2n) is 5.35. The van der Waals surface area contributed by atoms with Gasteiger partial charge in [0.2, 0.25) is 5.90 Å². The lowest BCUT2D eigenvalue weighted by Gasteiger charge is -2.18. The van der Waals surface area contributed by atoms with E-state index in [0.29, 0.717) is 18.9 Å². The van der Waals surface area contributed by atoms with Crippen molar-refractivity contribution in [3.8, 4) is 0 Å². The van der Waals surface area contributed by atoms with Crippen molar-refractivity contribution in [1.29, 1.82) is 0 Å². The number of hydrogen-bond acceptors (Lipinski definition) is 4. The van der Waals surface area contributed by atoms with E-state index in [4.69, 9.17) is 10.5 Å². The molecule has 0 saturated heterocycles. The van der Waals surface area contributed by atoms with Gasteiger partial charge in [0.25, 0.3) is 0 Å². The van der Waals surface area contributed by atoms with Crippen LogP contribution in [0.3, 0.4) is 0 Å². The standard InChI is InChI=1S/C14H20N2O2/c1-14(2)9-18-13(16-14)12(17)11(15)8-10-6-4-3-5-7-10/h3-7,11-12,17H,8-9,15H2,1-2H3/t11-,12?/m0/s1. The van der Waals surface area contributed by atoms with Crippen LogP contribution in [0.4, 0.5) is 0 Å². The van der Waals surface area contributed by atoms with E-state index < -0.39 is 12.1 Å². The van der Waals surface area contributed by atoms with E-state index in [1.807, 2.05) is 44.2 Å². The number of aliphatic hydroxyl groups is 1. The lowest BCUT2D eigenvalue weighted by Crippen LogP contribution is -2.42. The third-order valence-corrected chi connectivity index (χ3v) is 2.96. The molecular weight excluding hydrogens is 228 g/mol. The van der Waals surface area contributed by atoms with Gasteiger partial charge < -0.3 is 15.6 Å². The molecule has 0 spiro atoms. The average Bonchev–Trinajstić information content (AvgIpc) is 2.70. The number of nitrogens with two attached hydrogens (primary N) is 1. The maximum absolute atomic E-state index is 10.1. The molecule has 0 radical (unpaired) electrons. The minimum absolute atomic E-state index is 0.261. The first kappa shape index (κ1) is 13.1. The summed E-state index contributed by atoms with van der Waals surface area (Å²) in [7, 11) is 0. The third kappa shape index (κ3) is 3.09. The Labute approximate surface area is 107 Å². The quantitative estimate of drug-likeness (QED) is 0.839. The first-order valence-electron chi connectivity index (χ1n) is 6.18. The van der Waals surface area contributed by atoms with E-state index in [1.165, 1.54) is 0 Å². The second kappa shape index (κ2) is 5.08. The number of aliphatic imine (C=N–C) groups is 1. The van der Waals surface area contributed by atoms with Crippen molar-refractivity contribution in [2.75, 3.05) is 6.61 Å².